The van der Waals surface area contributed by atoms with Crippen LogP contribution in [0.1, 0.15) is 73.1 Å². The molecule has 10 heteroatoms. The minimum atomic E-state index is -4.86. The second-order valence-electron chi connectivity index (χ2n) is 11.3. The first-order valence-electron chi connectivity index (χ1n) is 13.5. The lowest BCUT2D eigenvalue weighted by molar-refractivity contribution is -0.200. The molecule has 0 aromatic carbocycles. The summed E-state index contributed by atoms with van der Waals surface area (Å²) < 4.78 is 28.7. The zero-order valence-corrected chi connectivity index (χ0v) is 23.3. The zero-order chi connectivity index (χ0) is 27.4. The van der Waals surface area contributed by atoms with Gasteiger partial charge in [-0.25, -0.2) is 4.57 Å². The van der Waals surface area contributed by atoms with Crippen molar-refractivity contribution >= 4 is 19.4 Å². The summed E-state index contributed by atoms with van der Waals surface area (Å²) in [5.41, 5.74) is -1.65. The van der Waals surface area contributed by atoms with Crippen LogP contribution in [0.2, 0.25) is 0 Å². The number of phosphoric acid groups is 1. The van der Waals surface area contributed by atoms with Crippen molar-refractivity contribution in [3.8, 4) is 0 Å². The largest absolute Gasteiger partial charge is 0.470 e. The molecule has 1 aliphatic heterocycles. The number of carbonyl (C=O) groups is 2. The molecular weight excluding hydrogens is 499 g/mol. The van der Waals surface area contributed by atoms with Crippen LogP contribution >= 0.6 is 7.82 Å². The Hall–Kier alpha value is -1.19. The van der Waals surface area contributed by atoms with Crippen molar-refractivity contribution in [2.75, 3.05) is 6.61 Å². The van der Waals surface area contributed by atoms with Crippen molar-refractivity contribution in [2.45, 2.75) is 97.2 Å². The number of ketones is 2. The van der Waals surface area contributed by atoms with E-state index in [1.165, 1.54) is 0 Å². The van der Waals surface area contributed by atoms with Gasteiger partial charge in [0, 0.05) is 16.7 Å². The highest BCUT2D eigenvalue weighted by Gasteiger charge is 2.75. The van der Waals surface area contributed by atoms with Gasteiger partial charge in [-0.05, 0) is 56.1 Å². The summed E-state index contributed by atoms with van der Waals surface area (Å²) in [7, 11) is -4.86. The maximum absolute atomic E-state index is 13.7. The normalized spacial score (nSPS) is 44.1. The van der Waals surface area contributed by atoms with E-state index in [0.29, 0.717) is 12.8 Å². The quantitative estimate of drug-likeness (QED) is 0.429. The molecule has 5 aliphatic rings. The first kappa shape index (κ1) is 28.8. The molecule has 208 valence electrons. The van der Waals surface area contributed by atoms with E-state index in [0.717, 1.165) is 24.8 Å². The third-order valence-electron chi connectivity index (χ3n) is 9.59. The van der Waals surface area contributed by atoms with Gasteiger partial charge in [0.1, 0.15) is 6.61 Å². The Morgan fingerprint density at radius 2 is 1.97 bits per heavy atom. The highest BCUT2D eigenvalue weighted by molar-refractivity contribution is 7.46. The molecule has 3 N–H and O–H groups in total. The molecule has 1 saturated heterocycles. The van der Waals surface area contributed by atoms with E-state index in [-0.39, 0.29) is 30.0 Å². The van der Waals surface area contributed by atoms with Crippen LogP contribution in [0.4, 0.5) is 0 Å². The van der Waals surface area contributed by atoms with Gasteiger partial charge in [0.25, 0.3) is 0 Å². The number of fused-ring (bicyclic) bond motifs is 7. The first-order chi connectivity index (χ1) is 17.4. The second kappa shape index (κ2) is 10.1. The van der Waals surface area contributed by atoms with E-state index in [4.69, 9.17) is 9.47 Å². The van der Waals surface area contributed by atoms with Gasteiger partial charge in [0.05, 0.1) is 12.2 Å². The van der Waals surface area contributed by atoms with Crippen LogP contribution in [-0.4, -0.2) is 57.2 Å². The predicted octanol–water partition coefficient (Wildman–Crippen LogP) is 3.86. The van der Waals surface area contributed by atoms with Gasteiger partial charge in [-0.15, -0.1) is 0 Å². The molecule has 4 aliphatic carbocycles. The van der Waals surface area contributed by atoms with Crippen LogP contribution in [0.15, 0.2) is 23.8 Å². The van der Waals surface area contributed by atoms with Crippen molar-refractivity contribution in [3.63, 3.8) is 0 Å². The van der Waals surface area contributed by atoms with Crippen LogP contribution in [0.3, 0.4) is 0 Å². The number of ether oxygens (including phenoxy) is 2. The molecular formula is C27H41O9P. The van der Waals surface area contributed by atoms with E-state index in [2.05, 4.69) is 11.4 Å². The van der Waals surface area contributed by atoms with Crippen LogP contribution in [0.25, 0.3) is 0 Å². The third-order valence-corrected chi connectivity index (χ3v) is 10.1. The number of allylic oxidation sites excluding steroid dienone is 4. The van der Waals surface area contributed by atoms with Crippen LogP contribution < -0.4 is 0 Å². The maximum Gasteiger partial charge on any atom is 0.470 e. The monoisotopic (exact) mass is 540 g/mol. The van der Waals surface area contributed by atoms with Gasteiger partial charge < -0.3 is 24.4 Å². The molecule has 9 unspecified atom stereocenters. The van der Waals surface area contributed by atoms with Crippen molar-refractivity contribution in [1.29, 1.82) is 0 Å². The van der Waals surface area contributed by atoms with Crippen LogP contribution in [-0.2, 0) is 28.2 Å². The fourth-order valence-electron chi connectivity index (χ4n) is 8.26. The summed E-state index contributed by atoms with van der Waals surface area (Å²) in [5, 5.41) is 11.6. The predicted molar refractivity (Wildman–Crippen MR) is 135 cm³/mol. The molecule has 9 nitrogen and oxygen atoms in total. The summed E-state index contributed by atoms with van der Waals surface area (Å²) in [6.07, 6.45) is 7.01. The second-order valence-corrected chi connectivity index (χ2v) is 12.6. The molecule has 1 heterocycles. The average Bonchev–Trinajstić information content (AvgIpc) is 3.31. The minimum absolute atomic E-state index is 0.00751. The lowest BCUT2D eigenvalue weighted by Gasteiger charge is -2.59. The van der Waals surface area contributed by atoms with Gasteiger partial charge in [0.15, 0.2) is 23.5 Å². The number of Topliss-reactive ketones (excluding diaryl/α,β-unsaturated/α-hetero) is 1. The average molecular weight is 541 g/mol. The van der Waals surface area contributed by atoms with E-state index < -0.39 is 55.1 Å². The smallest absolute Gasteiger partial charge is 0.393 e. The number of rotatable bonds is 6. The summed E-state index contributed by atoms with van der Waals surface area (Å²) in [6.45, 7) is 9.24. The summed E-state index contributed by atoms with van der Waals surface area (Å²) in [6, 6.07) is 0. The molecule has 0 amide bonds. The number of aliphatic hydroxyl groups is 1. The number of hydrogen-bond donors (Lipinski definition) is 3. The van der Waals surface area contributed by atoms with E-state index in [9.17, 15) is 29.0 Å². The Morgan fingerprint density at radius 3 is 2.62 bits per heavy atom. The standard InChI is InChI=1S/C25H35O9P.C2H6/c1-4-5-21-33-20-11-17-16-7-6-14-10-15(26)8-9-23(14,2)22(16)18(27)12-24(17,3)25(20,34-21)19(28)13-32-35(29,30)31;1-2/h8-10,16-18,20-22,27H,4-7,11-13H2,1-3H3,(H2,29,30,31);1-2H3. The number of phosphoric ester groups is 1. The molecule has 0 spiro atoms. The fraction of sp³-hybridized carbons (Fsp3) is 0.778. The fourth-order valence-corrected chi connectivity index (χ4v) is 8.54. The molecule has 4 fully saturated rings. The lowest BCUT2D eigenvalue weighted by atomic mass is 9.46. The Kier molecular flexibility index (Phi) is 7.85. The number of aliphatic hydroxyl groups excluding tert-OH is 1. The highest BCUT2D eigenvalue weighted by atomic mass is 31.2. The molecule has 0 bridgehead atoms. The topological polar surface area (TPSA) is 140 Å². The first-order valence-corrected chi connectivity index (χ1v) is 15.1. The number of carbonyl (C=O) groups excluding carboxylic acids is 2. The van der Waals surface area contributed by atoms with E-state index >= 15 is 0 Å². The van der Waals surface area contributed by atoms with E-state index in [1.54, 1.807) is 12.2 Å². The van der Waals surface area contributed by atoms with Gasteiger partial charge >= 0.3 is 7.82 Å². The minimum Gasteiger partial charge on any atom is -0.393 e. The van der Waals surface area contributed by atoms with Gasteiger partial charge in [-0.1, -0.05) is 52.7 Å². The lowest BCUT2D eigenvalue weighted by Crippen LogP contribution is -2.63. The van der Waals surface area contributed by atoms with Crippen molar-refractivity contribution in [2.24, 2.45) is 28.6 Å². The Labute approximate surface area is 218 Å². The summed E-state index contributed by atoms with van der Waals surface area (Å²) in [5.74, 6) is -0.634. The molecule has 5 rings (SSSR count). The molecule has 0 aromatic rings. The van der Waals surface area contributed by atoms with Crippen LogP contribution in [0.5, 0.6) is 0 Å². The van der Waals surface area contributed by atoms with E-state index in [1.807, 2.05) is 33.8 Å². The SMILES string of the molecule is CC.CCCC1OC2CC3C4CCC5=CC(=O)C=CC5(C)C4C(O)CC3(C)C2(C(=O)COP(=O)(O)O)O1. The van der Waals surface area contributed by atoms with Gasteiger partial charge in [-0.3, -0.25) is 14.1 Å². The molecule has 3 saturated carbocycles. The van der Waals surface area contributed by atoms with Gasteiger partial charge in [0.2, 0.25) is 0 Å². The van der Waals surface area contributed by atoms with Gasteiger partial charge in [-0.2, -0.15) is 0 Å². The van der Waals surface area contributed by atoms with Crippen LogP contribution in [0, 0.1) is 28.6 Å². The molecule has 9 atom stereocenters. The molecule has 0 radical (unpaired) electrons. The number of hydrogen-bond acceptors (Lipinski definition) is 7. The molecule has 37 heavy (non-hydrogen) atoms. The molecule has 0 aromatic heterocycles. The van der Waals surface area contributed by atoms with Crippen molar-refractivity contribution in [3.05, 3.63) is 23.8 Å². The highest BCUT2D eigenvalue weighted by Crippen LogP contribution is 2.69. The maximum atomic E-state index is 13.7. The Bertz CT molecular complexity index is 1030. The Balaban J connectivity index is 0.00000156. The summed E-state index contributed by atoms with van der Waals surface area (Å²) in [4.78, 5) is 44.2. The summed E-state index contributed by atoms with van der Waals surface area (Å²) >= 11 is 0. The Morgan fingerprint density at radius 1 is 1.27 bits per heavy atom. The van der Waals surface area contributed by atoms with Crippen molar-refractivity contribution < 1.29 is 43.0 Å². The third kappa shape index (κ3) is 4.45. The zero-order valence-electron chi connectivity index (χ0n) is 22.4. The van der Waals surface area contributed by atoms with Crippen molar-refractivity contribution in [1.82, 2.24) is 0 Å².